The van der Waals surface area contributed by atoms with Crippen molar-refractivity contribution in [3.05, 3.63) is 71.8 Å². The highest BCUT2D eigenvalue weighted by atomic mass is 32.2. The second-order valence-corrected chi connectivity index (χ2v) is 5.12. The molecule has 0 nitrogen and oxygen atoms in total. The van der Waals surface area contributed by atoms with Gasteiger partial charge in [0.05, 0.1) is 4.75 Å². The zero-order chi connectivity index (χ0) is 10.1. The van der Waals surface area contributed by atoms with Crippen molar-refractivity contribution in [1.82, 2.24) is 0 Å². The van der Waals surface area contributed by atoms with Gasteiger partial charge in [0.2, 0.25) is 0 Å². The lowest BCUT2D eigenvalue weighted by Gasteiger charge is -2.13. The molecule has 1 heterocycles. The Bertz CT molecular complexity index is 402. The molecule has 74 valence electrons. The van der Waals surface area contributed by atoms with Gasteiger partial charge in [-0.25, -0.2) is 0 Å². The molecule has 1 aliphatic rings. The summed E-state index contributed by atoms with van der Waals surface area (Å²) in [5.74, 6) is 1.21. The molecule has 3 rings (SSSR count). The highest BCUT2D eigenvalue weighted by molar-refractivity contribution is 8.07. The molecule has 0 bridgehead atoms. The van der Waals surface area contributed by atoms with Gasteiger partial charge in [0, 0.05) is 5.75 Å². The Balaban J connectivity index is 2.06. The highest BCUT2D eigenvalue weighted by Crippen LogP contribution is 2.57. The van der Waals surface area contributed by atoms with Crippen LogP contribution in [0.4, 0.5) is 0 Å². The molecule has 1 heteroatoms. The van der Waals surface area contributed by atoms with Gasteiger partial charge < -0.3 is 0 Å². The average molecular weight is 212 g/mol. The summed E-state index contributed by atoms with van der Waals surface area (Å²) < 4.78 is 0.252. The number of hydrogen-bond acceptors (Lipinski definition) is 1. The van der Waals surface area contributed by atoms with Crippen LogP contribution in [0.3, 0.4) is 0 Å². The number of hydrogen-bond donors (Lipinski definition) is 0. The molecule has 0 amide bonds. The summed E-state index contributed by atoms with van der Waals surface area (Å²) in [7, 11) is 0. The predicted octanol–water partition coefficient (Wildman–Crippen LogP) is 3.68. The lowest BCUT2D eigenvalue weighted by molar-refractivity contribution is 0.946. The largest absolute Gasteiger partial charge is 0.142 e. The van der Waals surface area contributed by atoms with Gasteiger partial charge in [0.1, 0.15) is 0 Å². The first-order valence-corrected chi connectivity index (χ1v) is 6.15. The number of thioether (sulfide) groups is 1. The van der Waals surface area contributed by atoms with Gasteiger partial charge in [0.15, 0.2) is 0 Å². The van der Waals surface area contributed by atoms with Crippen molar-refractivity contribution in [2.75, 3.05) is 5.75 Å². The van der Waals surface area contributed by atoms with E-state index >= 15 is 0 Å². The van der Waals surface area contributed by atoms with E-state index in [9.17, 15) is 0 Å². The van der Waals surface area contributed by atoms with E-state index < -0.39 is 0 Å². The maximum absolute atomic E-state index is 2.23. The maximum Gasteiger partial charge on any atom is 0.0748 e. The molecule has 0 aromatic heterocycles. The molecule has 0 N–H and O–H groups in total. The lowest BCUT2D eigenvalue weighted by Crippen LogP contribution is -2.08. The molecule has 2 aromatic carbocycles. The van der Waals surface area contributed by atoms with Gasteiger partial charge in [-0.05, 0) is 11.1 Å². The first-order valence-electron chi connectivity index (χ1n) is 5.17. The summed E-state index contributed by atoms with van der Waals surface area (Å²) in [6, 6.07) is 21.6. The molecule has 0 radical (unpaired) electrons. The van der Waals surface area contributed by atoms with Crippen LogP contribution in [-0.4, -0.2) is 5.75 Å². The summed E-state index contributed by atoms with van der Waals surface area (Å²) in [5.41, 5.74) is 2.86. The predicted molar refractivity (Wildman–Crippen MR) is 66.1 cm³/mol. The van der Waals surface area contributed by atoms with E-state index in [0.29, 0.717) is 0 Å². The van der Waals surface area contributed by atoms with Gasteiger partial charge in [-0.3, -0.25) is 0 Å². The van der Waals surface area contributed by atoms with E-state index in [0.717, 1.165) is 0 Å². The smallest absolute Gasteiger partial charge is 0.0748 e. The molecule has 0 saturated carbocycles. The van der Waals surface area contributed by atoms with Crippen LogP contribution < -0.4 is 0 Å². The van der Waals surface area contributed by atoms with E-state index in [4.69, 9.17) is 0 Å². The quantitative estimate of drug-likeness (QED) is 0.684. The topological polar surface area (TPSA) is 0 Å². The van der Waals surface area contributed by atoms with Crippen molar-refractivity contribution >= 4 is 11.8 Å². The van der Waals surface area contributed by atoms with Crippen LogP contribution >= 0.6 is 11.8 Å². The van der Waals surface area contributed by atoms with Crippen molar-refractivity contribution in [3.63, 3.8) is 0 Å². The Morgan fingerprint density at radius 2 is 1.13 bits per heavy atom. The third-order valence-electron chi connectivity index (χ3n) is 2.91. The fraction of sp³-hybridized carbons (Fsp3) is 0.143. The Morgan fingerprint density at radius 3 is 1.47 bits per heavy atom. The van der Waals surface area contributed by atoms with Crippen molar-refractivity contribution in [1.29, 1.82) is 0 Å². The summed E-state index contributed by atoms with van der Waals surface area (Å²) in [6.07, 6.45) is 0. The van der Waals surface area contributed by atoms with Crippen LogP contribution in [-0.2, 0) is 4.75 Å². The SMILES string of the molecule is c1ccc(C2(c3ccccc3)CS2)cc1. The normalized spacial score (nSPS) is 17.3. The molecular formula is C14H12S. The third-order valence-corrected chi connectivity index (χ3v) is 4.25. The number of rotatable bonds is 2. The monoisotopic (exact) mass is 212 g/mol. The summed E-state index contributed by atoms with van der Waals surface area (Å²) >= 11 is 2.02. The van der Waals surface area contributed by atoms with E-state index in [2.05, 4.69) is 60.7 Å². The van der Waals surface area contributed by atoms with E-state index in [1.165, 1.54) is 16.9 Å². The molecule has 2 aromatic rings. The van der Waals surface area contributed by atoms with Crippen molar-refractivity contribution in [3.8, 4) is 0 Å². The fourth-order valence-electron chi connectivity index (χ4n) is 1.99. The molecular weight excluding hydrogens is 200 g/mol. The zero-order valence-corrected chi connectivity index (χ0v) is 9.21. The summed E-state index contributed by atoms with van der Waals surface area (Å²) in [4.78, 5) is 0. The Hall–Kier alpha value is -1.21. The second kappa shape index (κ2) is 3.42. The van der Waals surface area contributed by atoms with Crippen LogP contribution in [0.2, 0.25) is 0 Å². The Morgan fingerprint density at radius 1 is 0.733 bits per heavy atom. The molecule has 1 aliphatic heterocycles. The van der Waals surface area contributed by atoms with Crippen molar-refractivity contribution in [2.24, 2.45) is 0 Å². The average Bonchev–Trinajstić information content (AvgIpc) is 3.13. The van der Waals surface area contributed by atoms with Gasteiger partial charge in [0.25, 0.3) is 0 Å². The summed E-state index contributed by atoms with van der Waals surface area (Å²) in [6.45, 7) is 0. The first kappa shape index (κ1) is 9.05. The standard InChI is InChI=1S/C14H12S/c1-3-7-12(8-4-1)14(11-15-14)13-9-5-2-6-10-13/h1-10H,11H2. The van der Waals surface area contributed by atoms with Crippen molar-refractivity contribution < 1.29 is 0 Å². The minimum Gasteiger partial charge on any atom is -0.142 e. The van der Waals surface area contributed by atoms with E-state index in [1.807, 2.05) is 11.8 Å². The molecule has 1 fully saturated rings. The molecule has 0 aliphatic carbocycles. The van der Waals surface area contributed by atoms with Gasteiger partial charge in [-0.1, -0.05) is 60.7 Å². The van der Waals surface area contributed by atoms with Gasteiger partial charge in [-0.2, -0.15) is 0 Å². The van der Waals surface area contributed by atoms with E-state index in [1.54, 1.807) is 0 Å². The molecule has 0 spiro atoms. The third kappa shape index (κ3) is 1.47. The Kier molecular flexibility index (Phi) is 2.06. The van der Waals surface area contributed by atoms with Crippen LogP contribution in [0.5, 0.6) is 0 Å². The van der Waals surface area contributed by atoms with Crippen LogP contribution in [0.15, 0.2) is 60.7 Å². The first-order chi connectivity index (χ1) is 7.42. The number of benzene rings is 2. The second-order valence-electron chi connectivity index (χ2n) is 3.85. The molecule has 0 atom stereocenters. The van der Waals surface area contributed by atoms with Gasteiger partial charge in [-0.15, -0.1) is 11.8 Å². The molecule has 1 saturated heterocycles. The highest BCUT2D eigenvalue weighted by Gasteiger charge is 2.46. The van der Waals surface area contributed by atoms with Gasteiger partial charge >= 0.3 is 0 Å². The minimum atomic E-state index is 0.252. The van der Waals surface area contributed by atoms with Crippen LogP contribution in [0.1, 0.15) is 11.1 Å². The summed E-state index contributed by atoms with van der Waals surface area (Å²) in [5, 5.41) is 0. The molecule has 0 unspecified atom stereocenters. The fourth-order valence-corrected chi connectivity index (χ4v) is 3.07. The van der Waals surface area contributed by atoms with E-state index in [-0.39, 0.29) is 4.75 Å². The minimum absolute atomic E-state index is 0.252. The molecule has 15 heavy (non-hydrogen) atoms. The van der Waals surface area contributed by atoms with Crippen LogP contribution in [0, 0.1) is 0 Å². The van der Waals surface area contributed by atoms with Crippen molar-refractivity contribution in [2.45, 2.75) is 4.75 Å². The lowest BCUT2D eigenvalue weighted by atomic mass is 9.93. The Labute approximate surface area is 94.3 Å². The zero-order valence-electron chi connectivity index (χ0n) is 8.39. The maximum atomic E-state index is 2.23. The van der Waals surface area contributed by atoms with Crippen LogP contribution in [0.25, 0.3) is 0 Å².